The second-order valence-electron chi connectivity index (χ2n) is 5.87. The minimum absolute atomic E-state index is 0.367. The Bertz CT molecular complexity index is 416. The van der Waals surface area contributed by atoms with Gasteiger partial charge in [-0.2, -0.15) is 0 Å². The molecule has 0 amide bonds. The molecule has 2 N–H and O–H groups in total. The Balaban J connectivity index is 1.77. The molecule has 1 saturated heterocycles. The van der Waals surface area contributed by atoms with Crippen LogP contribution < -0.4 is 15.4 Å². The van der Waals surface area contributed by atoms with E-state index in [4.69, 9.17) is 10.5 Å². The van der Waals surface area contributed by atoms with Gasteiger partial charge < -0.3 is 15.4 Å². The molecule has 1 aromatic rings. The number of hydrogen-bond acceptors (Lipinski definition) is 4. The highest BCUT2D eigenvalue weighted by atomic mass is 16.5. The quantitative estimate of drug-likeness (QED) is 0.837. The van der Waals surface area contributed by atoms with Crippen molar-refractivity contribution in [3.8, 4) is 5.75 Å². The number of nitrogens with two attached hydrogens (primary N) is 1. The number of benzene rings is 1. The van der Waals surface area contributed by atoms with Crippen molar-refractivity contribution in [2.45, 2.75) is 32.2 Å². The van der Waals surface area contributed by atoms with Crippen LogP contribution in [0.2, 0.25) is 0 Å². The summed E-state index contributed by atoms with van der Waals surface area (Å²) < 4.78 is 5.30. The Morgan fingerprint density at radius 2 is 1.95 bits per heavy atom. The molecule has 1 aliphatic heterocycles. The normalized spacial score (nSPS) is 17.8. The predicted molar refractivity (Wildman–Crippen MR) is 89.1 cm³/mol. The van der Waals surface area contributed by atoms with Gasteiger partial charge in [0.05, 0.1) is 7.11 Å². The molecule has 21 heavy (non-hydrogen) atoms. The summed E-state index contributed by atoms with van der Waals surface area (Å²) in [5, 5.41) is 0. The lowest BCUT2D eigenvalue weighted by Gasteiger charge is -2.36. The lowest BCUT2D eigenvalue weighted by Crippen LogP contribution is -2.47. The van der Waals surface area contributed by atoms with E-state index in [1.165, 1.54) is 12.1 Å². The van der Waals surface area contributed by atoms with Crippen molar-refractivity contribution in [1.82, 2.24) is 4.90 Å². The van der Waals surface area contributed by atoms with Gasteiger partial charge >= 0.3 is 0 Å². The highest BCUT2D eigenvalue weighted by molar-refractivity contribution is 5.51. The van der Waals surface area contributed by atoms with E-state index >= 15 is 0 Å². The summed E-state index contributed by atoms with van der Waals surface area (Å²) in [4.78, 5) is 4.97. The summed E-state index contributed by atoms with van der Waals surface area (Å²) in [5.41, 5.74) is 7.36. The van der Waals surface area contributed by atoms with Crippen LogP contribution in [0.25, 0.3) is 0 Å². The highest BCUT2D eigenvalue weighted by Crippen LogP contribution is 2.22. The maximum absolute atomic E-state index is 6.10. The summed E-state index contributed by atoms with van der Waals surface area (Å²) in [5.74, 6) is 0.931. The Morgan fingerprint density at radius 1 is 1.19 bits per heavy atom. The fourth-order valence-corrected chi connectivity index (χ4v) is 2.90. The first-order valence-corrected chi connectivity index (χ1v) is 8.10. The van der Waals surface area contributed by atoms with Crippen LogP contribution in [0, 0.1) is 0 Å². The molecule has 0 spiro atoms. The molecule has 0 radical (unpaired) electrons. The van der Waals surface area contributed by atoms with E-state index in [-0.39, 0.29) is 0 Å². The number of piperazine rings is 1. The van der Waals surface area contributed by atoms with Crippen LogP contribution in [-0.4, -0.2) is 50.8 Å². The third-order valence-corrected chi connectivity index (χ3v) is 4.27. The van der Waals surface area contributed by atoms with E-state index in [1.807, 2.05) is 6.07 Å². The Kier molecular flexibility index (Phi) is 6.33. The van der Waals surface area contributed by atoms with Crippen LogP contribution in [0.15, 0.2) is 24.3 Å². The molecule has 4 heteroatoms. The molecular formula is C17H29N3O. The first kappa shape index (κ1) is 16.1. The molecule has 0 aliphatic carbocycles. The average Bonchev–Trinajstić information content (AvgIpc) is 2.54. The van der Waals surface area contributed by atoms with Crippen molar-refractivity contribution < 1.29 is 4.74 Å². The largest absolute Gasteiger partial charge is 0.497 e. The topological polar surface area (TPSA) is 41.7 Å². The second kappa shape index (κ2) is 8.25. The maximum Gasteiger partial charge on any atom is 0.120 e. The first-order valence-electron chi connectivity index (χ1n) is 8.10. The number of anilines is 1. The molecule has 118 valence electrons. The Hall–Kier alpha value is -1.26. The minimum atomic E-state index is 0.367. The monoisotopic (exact) mass is 291 g/mol. The third kappa shape index (κ3) is 4.90. The van der Waals surface area contributed by atoms with Gasteiger partial charge in [-0.15, -0.1) is 0 Å². The molecule has 1 unspecified atom stereocenters. The van der Waals surface area contributed by atoms with Crippen molar-refractivity contribution in [2.75, 3.05) is 44.7 Å². The zero-order chi connectivity index (χ0) is 15.1. The average molecular weight is 291 g/mol. The summed E-state index contributed by atoms with van der Waals surface area (Å²) in [6, 6.07) is 8.70. The molecule has 2 rings (SSSR count). The fourth-order valence-electron chi connectivity index (χ4n) is 2.90. The standard InChI is InChI=1S/C17H29N3O/c1-3-5-15(18)8-9-19-10-12-20(13-11-19)16-6-4-7-17(14-16)21-2/h4,6-7,14-15H,3,5,8-13,18H2,1-2H3. The molecule has 1 aromatic carbocycles. The van der Waals surface area contributed by atoms with Gasteiger partial charge in [-0.05, 0) is 31.5 Å². The van der Waals surface area contributed by atoms with Gasteiger partial charge in [0.2, 0.25) is 0 Å². The van der Waals surface area contributed by atoms with Crippen LogP contribution in [0.1, 0.15) is 26.2 Å². The van der Waals surface area contributed by atoms with Crippen LogP contribution in [0.5, 0.6) is 5.75 Å². The lowest BCUT2D eigenvalue weighted by atomic mass is 10.1. The van der Waals surface area contributed by atoms with E-state index in [2.05, 4.69) is 34.9 Å². The summed E-state index contributed by atoms with van der Waals surface area (Å²) in [7, 11) is 1.72. The van der Waals surface area contributed by atoms with Crippen molar-refractivity contribution in [2.24, 2.45) is 5.73 Å². The summed E-state index contributed by atoms with van der Waals surface area (Å²) in [6.07, 6.45) is 3.45. The lowest BCUT2D eigenvalue weighted by molar-refractivity contribution is 0.246. The first-order chi connectivity index (χ1) is 10.2. The van der Waals surface area contributed by atoms with E-state index in [0.29, 0.717) is 6.04 Å². The second-order valence-corrected chi connectivity index (χ2v) is 5.87. The van der Waals surface area contributed by atoms with E-state index in [9.17, 15) is 0 Å². The maximum atomic E-state index is 6.10. The van der Waals surface area contributed by atoms with Crippen LogP contribution in [0.3, 0.4) is 0 Å². The van der Waals surface area contributed by atoms with Gasteiger partial charge in [0, 0.05) is 44.0 Å². The zero-order valence-corrected chi connectivity index (χ0v) is 13.4. The van der Waals surface area contributed by atoms with Gasteiger partial charge in [0.15, 0.2) is 0 Å². The van der Waals surface area contributed by atoms with Gasteiger partial charge in [0.25, 0.3) is 0 Å². The number of nitrogens with zero attached hydrogens (tertiary/aromatic N) is 2. The van der Waals surface area contributed by atoms with Crippen molar-refractivity contribution in [3.05, 3.63) is 24.3 Å². The Labute approximate surface area is 128 Å². The molecule has 4 nitrogen and oxygen atoms in total. The molecule has 0 aromatic heterocycles. The van der Waals surface area contributed by atoms with Crippen LogP contribution in [-0.2, 0) is 0 Å². The fraction of sp³-hybridized carbons (Fsp3) is 0.647. The highest BCUT2D eigenvalue weighted by Gasteiger charge is 2.17. The van der Waals surface area contributed by atoms with Crippen LogP contribution >= 0.6 is 0 Å². The molecular weight excluding hydrogens is 262 g/mol. The molecule has 1 heterocycles. The van der Waals surface area contributed by atoms with E-state index in [1.54, 1.807) is 7.11 Å². The molecule has 1 atom stereocenters. The van der Waals surface area contributed by atoms with Crippen molar-refractivity contribution in [3.63, 3.8) is 0 Å². The number of methoxy groups -OCH3 is 1. The van der Waals surface area contributed by atoms with Gasteiger partial charge in [0.1, 0.15) is 5.75 Å². The minimum Gasteiger partial charge on any atom is -0.497 e. The zero-order valence-electron chi connectivity index (χ0n) is 13.4. The number of hydrogen-bond donors (Lipinski definition) is 1. The summed E-state index contributed by atoms with van der Waals surface area (Å²) >= 11 is 0. The summed E-state index contributed by atoms with van der Waals surface area (Å²) in [6.45, 7) is 7.73. The molecule has 0 bridgehead atoms. The molecule has 1 fully saturated rings. The SMILES string of the molecule is CCCC(N)CCN1CCN(c2cccc(OC)c2)CC1. The smallest absolute Gasteiger partial charge is 0.120 e. The van der Waals surface area contributed by atoms with Gasteiger partial charge in [-0.1, -0.05) is 19.4 Å². The third-order valence-electron chi connectivity index (χ3n) is 4.27. The number of ether oxygens (including phenoxy) is 1. The van der Waals surface area contributed by atoms with E-state index < -0.39 is 0 Å². The van der Waals surface area contributed by atoms with Gasteiger partial charge in [-0.25, -0.2) is 0 Å². The molecule has 1 aliphatic rings. The number of rotatable bonds is 7. The Morgan fingerprint density at radius 3 is 2.62 bits per heavy atom. The van der Waals surface area contributed by atoms with E-state index in [0.717, 1.165) is 51.3 Å². The van der Waals surface area contributed by atoms with Gasteiger partial charge in [-0.3, -0.25) is 4.90 Å². The van der Waals surface area contributed by atoms with Crippen molar-refractivity contribution >= 4 is 5.69 Å². The van der Waals surface area contributed by atoms with Crippen LogP contribution in [0.4, 0.5) is 5.69 Å². The predicted octanol–water partition coefficient (Wildman–Crippen LogP) is 2.33. The molecule has 0 saturated carbocycles. The van der Waals surface area contributed by atoms with Crippen molar-refractivity contribution in [1.29, 1.82) is 0 Å².